The molecule has 3 rings (SSSR count). The van der Waals surface area contributed by atoms with Crippen molar-refractivity contribution in [1.82, 2.24) is 0 Å². The van der Waals surface area contributed by atoms with Gasteiger partial charge in [-0.2, -0.15) is 8.42 Å². The van der Waals surface area contributed by atoms with Gasteiger partial charge in [0.1, 0.15) is 0 Å². The minimum Gasteiger partial charge on any atom is -1.00 e. The SMILES string of the molecule is O=S(=O)(O)c1ccc(CP(c2ccccc2)c2ccccc2)cc1.[H-].[Na+]. The minimum absolute atomic E-state index is 0. The van der Waals surface area contributed by atoms with Crippen LogP contribution >= 0.6 is 7.92 Å². The molecule has 0 unspecified atom stereocenters. The molecule has 0 saturated carbocycles. The first-order valence-electron chi connectivity index (χ1n) is 7.48. The molecule has 0 aliphatic carbocycles. The Bertz CT molecular complexity index is 865. The van der Waals surface area contributed by atoms with Crippen LogP contribution in [0.5, 0.6) is 0 Å². The molecule has 0 aliphatic rings. The molecule has 0 atom stereocenters. The zero-order valence-electron chi connectivity index (χ0n) is 14.9. The van der Waals surface area contributed by atoms with Crippen molar-refractivity contribution in [1.29, 1.82) is 0 Å². The van der Waals surface area contributed by atoms with E-state index in [2.05, 4.69) is 24.3 Å². The van der Waals surface area contributed by atoms with E-state index in [4.69, 9.17) is 4.55 Å². The summed E-state index contributed by atoms with van der Waals surface area (Å²) in [5.41, 5.74) is 1.04. The van der Waals surface area contributed by atoms with Gasteiger partial charge in [-0.1, -0.05) is 72.8 Å². The number of hydrogen-bond donors (Lipinski definition) is 1. The zero-order chi connectivity index (χ0) is 17.0. The maximum atomic E-state index is 11.2. The molecule has 25 heavy (non-hydrogen) atoms. The van der Waals surface area contributed by atoms with Gasteiger partial charge in [-0.3, -0.25) is 4.55 Å². The van der Waals surface area contributed by atoms with E-state index < -0.39 is 18.0 Å². The summed E-state index contributed by atoms with van der Waals surface area (Å²) in [5.74, 6) is 0. The second-order valence-corrected chi connectivity index (χ2v) is 9.00. The third-order valence-corrected chi connectivity index (χ3v) is 7.09. The summed E-state index contributed by atoms with van der Waals surface area (Å²) in [7, 11) is -4.72. The molecule has 6 heteroatoms. The smallest absolute Gasteiger partial charge is 1.00 e. The summed E-state index contributed by atoms with van der Waals surface area (Å²) in [6.07, 6.45) is 0.815. The molecule has 0 saturated heterocycles. The van der Waals surface area contributed by atoms with Crippen molar-refractivity contribution >= 4 is 28.6 Å². The average Bonchev–Trinajstić information content (AvgIpc) is 2.61. The van der Waals surface area contributed by atoms with Gasteiger partial charge in [0.15, 0.2) is 0 Å². The molecule has 0 spiro atoms. The largest absolute Gasteiger partial charge is 1.00 e. The van der Waals surface area contributed by atoms with Crippen LogP contribution < -0.4 is 40.2 Å². The van der Waals surface area contributed by atoms with E-state index in [1.54, 1.807) is 12.1 Å². The summed E-state index contributed by atoms with van der Waals surface area (Å²) in [6, 6.07) is 27.1. The predicted molar refractivity (Wildman–Crippen MR) is 100 cm³/mol. The van der Waals surface area contributed by atoms with Crippen molar-refractivity contribution in [3.63, 3.8) is 0 Å². The van der Waals surface area contributed by atoms with E-state index in [1.165, 1.54) is 22.7 Å². The fourth-order valence-electron chi connectivity index (χ4n) is 2.50. The van der Waals surface area contributed by atoms with E-state index >= 15 is 0 Å². The van der Waals surface area contributed by atoms with Gasteiger partial charge in [0.2, 0.25) is 0 Å². The topological polar surface area (TPSA) is 54.4 Å². The Morgan fingerprint density at radius 2 is 1.20 bits per heavy atom. The van der Waals surface area contributed by atoms with Gasteiger partial charge in [-0.25, -0.2) is 0 Å². The monoisotopic (exact) mass is 380 g/mol. The summed E-state index contributed by atoms with van der Waals surface area (Å²) >= 11 is 0. The van der Waals surface area contributed by atoms with Crippen molar-refractivity contribution in [2.24, 2.45) is 0 Å². The fourth-order valence-corrected chi connectivity index (χ4v) is 5.28. The quantitative estimate of drug-likeness (QED) is 0.403. The zero-order valence-corrected chi connectivity index (χ0v) is 17.6. The molecule has 0 aromatic heterocycles. The molecule has 1 N–H and O–H groups in total. The first kappa shape index (κ1) is 20.3. The van der Waals surface area contributed by atoms with E-state index in [0.29, 0.717) is 0 Å². The van der Waals surface area contributed by atoms with Crippen LogP contribution in [0.25, 0.3) is 0 Å². The van der Waals surface area contributed by atoms with E-state index in [0.717, 1.165) is 11.7 Å². The van der Waals surface area contributed by atoms with Crippen molar-refractivity contribution in [2.45, 2.75) is 11.1 Å². The molecule has 0 amide bonds. The third kappa shape index (κ3) is 5.49. The molecule has 0 aliphatic heterocycles. The molecule has 3 nitrogen and oxygen atoms in total. The van der Waals surface area contributed by atoms with Gasteiger partial charge >= 0.3 is 29.6 Å². The average molecular weight is 380 g/mol. The second kappa shape index (κ2) is 9.09. The Labute approximate surface area is 173 Å². The minimum atomic E-state index is -4.15. The summed E-state index contributed by atoms with van der Waals surface area (Å²) < 4.78 is 31.4. The molecule has 0 bridgehead atoms. The molecule has 0 radical (unpaired) electrons. The van der Waals surface area contributed by atoms with Crippen molar-refractivity contribution in [2.75, 3.05) is 0 Å². The summed E-state index contributed by atoms with van der Waals surface area (Å²) in [5, 5.41) is 2.55. The Hall–Kier alpha value is -1.000. The van der Waals surface area contributed by atoms with Gasteiger partial charge < -0.3 is 1.43 Å². The van der Waals surface area contributed by atoms with Crippen LogP contribution in [0.15, 0.2) is 89.8 Å². The second-order valence-electron chi connectivity index (χ2n) is 5.38. The van der Waals surface area contributed by atoms with Gasteiger partial charge in [0.25, 0.3) is 10.1 Å². The third-order valence-electron chi connectivity index (χ3n) is 3.70. The van der Waals surface area contributed by atoms with E-state index in [9.17, 15) is 8.42 Å². The van der Waals surface area contributed by atoms with Crippen LogP contribution in [0.2, 0.25) is 0 Å². The van der Waals surface area contributed by atoms with E-state index in [-0.39, 0.29) is 35.9 Å². The number of hydrogen-bond acceptors (Lipinski definition) is 2. The maximum absolute atomic E-state index is 11.2. The maximum Gasteiger partial charge on any atom is 1.00 e. The molecule has 3 aromatic carbocycles. The Balaban J connectivity index is 0.00000169. The van der Waals surface area contributed by atoms with Crippen LogP contribution in [-0.2, 0) is 16.3 Å². The predicted octanol–water partition coefficient (Wildman–Crippen LogP) is 0.683. The Morgan fingerprint density at radius 3 is 1.60 bits per heavy atom. The first-order chi connectivity index (χ1) is 11.5. The Morgan fingerprint density at radius 1 is 0.760 bits per heavy atom. The molecular weight excluding hydrogens is 362 g/mol. The van der Waals surface area contributed by atoms with Gasteiger partial charge in [0.05, 0.1) is 4.90 Å². The fraction of sp³-hybridized carbons (Fsp3) is 0.0526. The Kier molecular flexibility index (Phi) is 7.38. The van der Waals surface area contributed by atoms with Crippen molar-refractivity contribution in [3.8, 4) is 0 Å². The van der Waals surface area contributed by atoms with Crippen LogP contribution in [-0.4, -0.2) is 13.0 Å². The molecule has 124 valence electrons. The molecular formula is C19H18NaO3PS. The number of benzene rings is 3. The molecule has 0 heterocycles. The summed E-state index contributed by atoms with van der Waals surface area (Å²) in [4.78, 5) is -0.0741. The summed E-state index contributed by atoms with van der Waals surface area (Å²) in [6.45, 7) is 0. The first-order valence-corrected chi connectivity index (χ1v) is 10.4. The molecule has 0 fully saturated rings. The van der Waals surface area contributed by atoms with Gasteiger partial charge in [-0.05, 0) is 36.2 Å². The van der Waals surface area contributed by atoms with Crippen molar-refractivity contribution in [3.05, 3.63) is 90.5 Å². The van der Waals surface area contributed by atoms with E-state index in [1.807, 2.05) is 36.4 Å². The standard InChI is InChI=1S/C19H17O3PS.Na.H/c20-24(21,22)19-13-11-16(12-14-19)15-23(17-7-3-1-4-8-17)18-9-5-2-6-10-18;;/h1-14H,15H2,(H,20,21,22);;/q;+1;-1. The van der Waals surface area contributed by atoms with Crippen LogP contribution in [0.4, 0.5) is 0 Å². The van der Waals surface area contributed by atoms with Gasteiger partial charge in [-0.15, -0.1) is 0 Å². The van der Waals surface area contributed by atoms with Crippen molar-refractivity contribution < 1.29 is 44.0 Å². The number of rotatable bonds is 5. The van der Waals surface area contributed by atoms with Gasteiger partial charge in [0, 0.05) is 6.16 Å². The molecule has 3 aromatic rings. The normalized spacial score (nSPS) is 11.1. The van der Waals surface area contributed by atoms with Crippen LogP contribution in [0.1, 0.15) is 6.99 Å². The van der Waals surface area contributed by atoms with Crippen LogP contribution in [0.3, 0.4) is 0 Å². The van der Waals surface area contributed by atoms with Crippen LogP contribution in [0, 0.1) is 0 Å².